The number of nitrogens with zero attached hydrogens (tertiary/aromatic N) is 2. The first kappa shape index (κ1) is 17.4. The minimum absolute atomic E-state index is 0.143. The molecule has 0 aliphatic carbocycles. The van der Waals surface area contributed by atoms with Crippen LogP contribution in [0.1, 0.15) is 36.7 Å². The molecule has 0 saturated carbocycles. The van der Waals surface area contributed by atoms with Gasteiger partial charge in [0, 0.05) is 50.9 Å². The highest BCUT2D eigenvalue weighted by Gasteiger charge is 2.24. The van der Waals surface area contributed by atoms with E-state index in [0.29, 0.717) is 0 Å². The molecule has 2 saturated heterocycles. The van der Waals surface area contributed by atoms with Crippen LogP contribution in [-0.2, 0) is 11.3 Å². The molecule has 0 aromatic heterocycles. The number of amides is 1. The molecule has 132 valence electrons. The van der Waals surface area contributed by atoms with Gasteiger partial charge in [-0.15, -0.1) is 0 Å². The number of carbonyl (C=O) groups is 1. The molecule has 5 nitrogen and oxygen atoms in total. The summed E-state index contributed by atoms with van der Waals surface area (Å²) < 4.78 is 5.78. The quantitative estimate of drug-likeness (QED) is 0.916. The third-order valence-corrected chi connectivity index (χ3v) is 4.86. The van der Waals surface area contributed by atoms with E-state index in [0.717, 1.165) is 44.8 Å². The van der Waals surface area contributed by atoms with Gasteiger partial charge in [-0.05, 0) is 38.5 Å². The lowest BCUT2D eigenvalue weighted by Gasteiger charge is -2.35. The van der Waals surface area contributed by atoms with Crippen molar-refractivity contribution < 1.29 is 9.53 Å². The van der Waals surface area contributed by atoms with Crippen LogP contribution < -0.4 is 5.32 Å². The number of ether oxygens (including phenoxy) is 1. The Balaban J connectivity index is 1.61. The highest BCUT2D eigenvalue weighted by molar-refractivity contribution is 5.94. The molecule has 1 N–H and O–H groups in total. The first-order valence-corrected chi connectivity index (χ1v) is 9.01. The van der Waals surface area contributed by atoms with Gasteiger partial charge in [0.05, 0.1) is 12.2 Å². The molecule has 3 atom stereocenters. The highest BCUT2D eigenvalue weighted by atomic mass is 16.5. The van der Waals surface area contributed by atoms with Crippen LogP contribution in [-0.4, -0.2) is 66.7 Å². The van der Waals surface area contributed by atoms with Crippen molar-refractivity contribution in [3.8, 4) is 0 Å². The summed E-state index contributed by atoms with van der Waals surface area (Å²) in [7, 11) is 0. The number of benzene rings is 1. The zero-order valence-electron chi connectivity index (χ0n) is 15.0. The van der Waals surface area contributed by atoms with Gasteiger partial charge in [-0.25, -0.2) is 0 Å². The Labute approximate surface area is 145 Å². The van der Waals surface area contributed by atoms with Crippen molar-refractivity contribution in [2.45, 2.75) is 45.6 Å². The standard InChI is InChI=1S/C19H29N3O2/c1-14-10-20-8-9-22(14)19(23)18-6-4-17(5-7-18)13-21-11-15(2)24-16(3)12-21/h4-7,14-16,20H,8-13H2,1-3H3/t14-,15?,16?/m1/s1. The summed E-state index contributed by atoms with van der Waals surface area (Å²) in [6.45, 7) is 11.7. The van der Waals surface area contributed by atoms with E-state index in [2.05, 4.69) is 43.1 Å². The minimum Gasteiger partial charge on any atom is -0.373 e. The molecular weight excluding hydrogens is 302 g/mol. The maximum Gasteiger partial charge on any atom is 0.254 e. The lowest BCUT2D eigenvalue weighted by Crippen LogP contribution is -2.52. The summed E-state index contributed by atoms with van der Waals surface area (Å²) in [5.41, 5.74) is 2.04. The van der Waals surface area contributed by atoms with E-state index < -0.39 is 0 Å². The number of rotatable bonds is 3. The first-order chi connectivity index (χ1) is 11.5. The van der Waals surface area contributed by atoms with E-state index in [1.807, 2.05) is 17.0 Å². The van der Waals surface area contributed by atoms with E-state index in [-0.39, 0.29) is 24.2 Å². The predicted octanol–water partition coefficient (Wildman–Crippen LogP) is 1.73. The lowest BCUT2D eigenvalue weighted by atomic mass is 10.1. The summed E-state index contributed by atoms with van der Waals surface area (Å²) in [5, 5.41) is 3.32. The Kier molecular flexibility index (Phi) is 5.54. The number of carbonyl (C=O) groups excluding carboxylic acids is 1. The molecule has 2 aliphatic heterocycles. The average Bonchev–Trinajstić information content (AvgIpc) is 2.54. The maximum atomic E-state index is 12.7. The second-order valence-corrected chi connectivity index (χ2v) is 7.20. The van der Waals surface area contributed by atoms with Crippen molar-refractivity contribution in [3.63, 3.8) is 0 Å². The Morgan fingerprint density at radius 3 is 2.46 bits per heavy atom. The predicted molar refractivity (Wildman–Crippen MR) is 95.1 cm³/mol. The topological polar surface area (TPSA) is 44.8 Å². The summed E-state index contributed by atoms with van der Waals surface area (Å²) in [5.74, 6) is 0.143. The summed E-state index contributed by atoms with van der Waals surface area (Å²) in [6, 6.07) is 8.37. The summed E-state index contributed by atoms with van der Waals surface area (Å²) in [4.78, 5) is 17.1. The van der Waals surface area contributed by atoms with Gasteiger partial charge in [0.2, 0.25) is 0 Å². The Morgan fingerprint density at radius 1 is 1.17 bits per heavy atom. The van der Waals surface area contributed by atoms with Crippen molar-refractivity contribution in [2.24, 2.45) is 0 Å². The highest BCUT2D eigenvalue weighted by Crippen LogP contribution is 2.16. The van der Waals surface area contributed by atoms with Gasteiger partial charge in [0.25, 0.3) is 5.91 Å². The van der Waals surface area contributed by atoms with Gasteiger partial charge >= 0.3 is 0 Å². The smallest absolute Gasteiger partial charge is 0.254 e. The monoisotopic (exact) mass is 331 g/mol. The Bertz CT molecular complexity index is 550. The molecule has 5 heteroatoms. The van der Waals surface area contributed by atoms with E-state index in [1.54, 1.807) is 0 Å². The van der Waals surface area contributed by atoms with Crippen LogP contribution in [0.4, 0.5) is 0 Å². The van der Waals surface area contributed by atoms with Crippen molar-refractivity contribution in [2.75, 3.05) is 32.7 Å². The van der Waals surface area contributed by atoms with Crippen molar-refractivity contribution >= 4 is 5.91 Å². The van der Waals surface area contributed by atoms with Gasteiger partial charge < -0.3 is 15.0 Å². The third-order valence-electron chi connectivity index (χ3n) is 4.86. The molecule has 24 heavy (non-hydrogen) atoms. The molecular formula is C19H29N3O2. The second kappa shape index (κ2) is 7.64. The van der Waals surface area contributed by atoms with Gasteiger partial charge in [-0.1, -0.05) is 12.1 Å². The van der Waals surface area contributed by atoms with Crippen molar-refractivity contribution in [1.29, 1.82) is 0 Å². The van der Waals surface area contributed by atoms with Crippen LogP contribution in [0.3, 0.4) is 0 Å². The van der Waals surface area contributed by atoms with Crippen LogP contribution in [0.15, 0.2) is 24.3 Å². The normalized spacial score (nSPS) is 28.8. The first-order valence-electron chi connectivity index (χ1n) is 9.01. The number of nitrogens with one attached hydrogen (secondary N) is 1. The van der Waals surface area contributed by atoms with E-state index in [1.165, 1.54) is 5.56 Å². The van der Waals surface area contributed by atoms with Gasteiger partial charge in [0.15, 0.2) is 0 Å². The molecule has 3 rings (SSSR count). The van der Waals surface area contributed by atoms with Crippen LogP contribution in [0.25, 0.3) is 0 Å². The molecule has 0 radical (unpaired) electrons. The SMILES string of the molecule is CC1CN(Cc2ccc(C(=O)N3CCNC[C@H]3C)cc2)CC(C)O1. The van der Waals surface area contributed by atoms with Gasteiger partial charge in [-0.3, -0.25) is 9.69 Å². The molecule has 1 aromatic rings. The average molecular weight is 331 g/mol. The number of hydrogen-bond acceptors (Lipinski definition) is 4. The zero-order valence-corrected chi connectivity index (χ0v) is 15.0. The van der Waals surface area contributed by atoms with Crippen LogP contribution >= 0.6 is 0 Å². The second-order valence-electron chi connectivity index (χ2n) is 7.20. The molecule has 2 unspecified atom stereocenters. The Hall–Kier alpha value is -1.43. The van der Waals surface area contributed by atoms with E-state index in [4.69, 9.17) is 4.74 Å². The lowest BCUT2D eigenvalue weighted by molar-refractivity contribution is -0.0704. The molecule has 1 aromatic carbocycles. The molecule has 2 fully saturated rings. The fourth-order valence-electron chi connectivity index (χ4n) is 3.73. The zero-order chi connectivity index (χ0) is 17.1. The van der Waals surface area contributed by atoms with Gasteiger partial charge in [-0.2, -0.15) is 0 Å². The van der Waals surface area contributed by atoms with E-state index in [9.17, 15) is 4.79 Å². The van der Waals surface area contributed by atoms with E-state index >= 15 is 0 Å². The fraction of sp³-hybridized carbons (Fsp3) is 0.632. The van der Waals surface area contributed by atoms with Crippen LogP contribution in [0.5, 0.6) is 0 Å². The van der Waals surface area contributed by atoms with Crippen LogP contribution in [0, 0.1) is 0 Å². The molecule has 2 heterocycles. The molecule has 1 amide bonds. The number of hydrogen-bond donors (Lipinski definition) is 1. The number of piperazine rings is 1. The fourth-order valence-corrected chi connectivity index (χ4v) is 3.73. The molecule has 0 spiro atoms. The third kappa shape index (κ3) is 4.15. The van der Waals surface area contributed by atoms with Gasteiger partial charge in [0.1, 0.15) is 0 Å². The molecule has 2 aliphatic rings. The van der Waals surface area contributed by atoms with Crippen LogP contribution in [0.2, 0.25) is 0 Å². The Morgan fingerprint density at radius 2 is 1.83 bits per heavy atom. The number of morpholine rings is 1. The van der Waals surface area contributed by atoms with Crippen molar-refractivity contribution in [3.05, 3.63) is 35.4 Å². The summed E-state index contributed by atoms with van der Waals surface area (Å²) in [6.07, 6.45) is 0.563. The minimum atomic E-state index is 0.143. The van der Waals surface area contributed by atoms with Crippen molar-refractivity contribution in [1.82, 2.24) is 15.1 Å². The summed E-state index contributed by atoms with van der Waals surface area (Å²) >= 11 is 0. The maximum absolute atomic E-state index is 12.7. The molecule has 0 bridgehead atoms. The largest absolute Gasteiger partial charge is 0.373 e.